The van der Waals surface area contributed by atoms with Crippen LogP contribution in [0.4, 0.5) is 4.79 Å². The zero-order valence-electron chi connectivity index (χ0n) is 14.5. The van der Waals surface area contributed by atoms with Crippen molar-refractivity contribution in [3.8, 4) is 5.75 Å². The van der Waals surface area contributed by atoms with Gasteiger partial charge in [0.1, 0.15) is 5.75 Å². The van der Waals surface area contributed by atoms with E-state index < -0.39 is 0 Å². The molecule has 0 fully saturated rings. The van der Waals surface area contributed by atoms with E-state index in [0.29, 0.717) is 19.8 Å². The molecule has 0 saturated carbocycles. The summed E-state index contributed by atoms with van der Waals surface area (Å²) in [5, 5.41) is 0. The SMILES string of the molecule is CCCOc1ccc2c(c1)CCN(C(=O)OC(C)C)C2COC. The summed E-state index contributed by atoms with van der Waals surface area (Å²) in [7, 11) is 1.65. The lowest BCUT2D eigenvalue weighted by molar-refractivity contribution is 0.0387. The van der Waals surface area contributed by atoms with Crippen molar-refractivity contribution in [1.29, 1.82) is 0 Å². The van der Waals surface area contributed by atoms with Crippen LogP contribution in [0.5, 0.6) is 5.75 Å². The van der Waals surface area contributed by atoms with Crippen LogP contribution in [0.3, 0.4) is 0 Å². The van der Waals surface area contributed by atoms with E-state index in [0.717, 1.165) is 24.2 Å². The molecular weight excluding hydrogens is 294 g/mol. The second-order valence-corrected chi connectivity index (χ2v) is 6.06. The molecule has 1 unspecified atom stereocenters. The van der Waals surface area contributed by atoms with E-state index in [1.165, 1.54) is 5.56 Å². The van der Waals surface area contributed by atoms with Gasteiger partial charge in [-0.3, -0.25) is 4.90 Å². The van der Waals surface area contributed by atoms with Crippen LogP contribution in [-0.2, 0) is 15.9 Å². The predicted molar refractivity (Wildman–Crippen MR) is 88.9 cm³/mol. The highest BCUT2D eigenvalue weighted by Gasteiger charge is 2.32. The van der Waals surface area contributed by atoms with Crippen molar-refractivity contribution in [3.05, 3.63) is 29.3 Å². The second-order valence-electron chi connectivity index (χ2n) is 6.06. The molecule has 1 atom stereocenters. The number of hydrogen-bond donors (Lipinski definition) is 0. The monoisotopic (exact) mass is 321 g/mol. The number of nitrogens with zero attached hydrogens (tertiary/aromatic N) is 1. The van der Waals surface area contributed by atoms with Gasteiger partial charge in [-0.05, 0) is 49.9 Å². The topological polar surface area (TPSA) is 48.0 Å². The lowest BCUT2D eigenvalue weighted by atomic mass is 9.93. The number of carbonyl (C=O) groups is 1. The Balaban J connectivity index is 2.22. The number of methoxy groups -OCH3 is 1. The molecule has 23 heavy (non-hydrogen) atoms. The zero-order chi connectivity index (χ0) is 16.8. The third-order valence-electron chi connectivity index (χ3n) is 3.84. The third kappa shape index (κ3) is 4.38. The molecule has 1 aromatic rings. The average Bonchev–Trinajstić information content (AvgIpc) is 2.52. The van der Waals surface area contributed by atoms with Crippen molar-refractivity contribution in [2.24, 2.45) is 0 Å². The smallest absolute Gasteiger partial charge is 0.410 e. The van der Waals surface area contributed by atoms with Crippen molar-refractivity contribution in [1.82, 2.24) is 4.90 Å². The van der Waals surface area contributed by atoms with Gasteiger partial charge < -0.3 is 14.2 Å². The average molecular weight is 321 g/mol. The largest absolute Gasteiger partial charge is 0.494 e. The first-order valence-corrected chi connectivity index (χ1v) is 8.28. The first-order chi connectivity index (χ1) is 11.1. The summed E-state index contributed by atoms with van der Waals surface area (Å²) in [5.41, 5.74) is 2.33. The molecule has 1 heterocycles. The van der Waals surface area contributed by atoms with Crippen molar-refractivity contribution in [2.45, 2.75) is 45.8 Å². The lowest BCUT2D eigenvalue weighted by Crippen LogP contribution is -2.42. The fourth-order valence-electron chi connectivity index (χ4n) is 2.82. The van der Waals surface area contributed by atoms with Crippen LogP contribution in [-0.4, -0.2) is 44.0 Å². The highest BCUT2D eigenvalue weighted by Crippen LogP contribution is 2.33. The third-order valence-corrected chi connectivity index (χ3v) is 3.84. The van der Waals surface area contributed by atoms with Gasteiger partial charge in [0.25, 0.3) is 0 Å². The summed E-state index contributed by atoms with van der Waals surface area (Å²) in [6.45, 7) is 7.61. The molecule has 0 N–H and O–H groups in total. The molecule has 5 nitrogen and oxygen atoms in total. The molecule has 0 bridgehead atoms. The highest BCUT2D eigenvalue weighted by atomic mass is 16.6. The van der Waals surface area contributed by atoms with Crippen LogP contribution in [0.1, 0.15) is 44.4 Å². The van der Waals surface area contributed by atoms with E-state index >= 15 is 0 Å². The number of hydrogen-bond acceptors (Lipinski definition) is 4. The minimum absolute atomic E-state index is 0.116. The van der Waals surface area contributed by atoms with Gasteiger partial charge in [0.15, 0.2) is 0 Å². The molecule has 1 aliphatic rings. The molecule has 0 saturated heterocycles. The van der Waals surface area contributed by atoms with Crippen LogP contribution in [0.25, 0.3) is 0 Å². The number of amides is 1. The molecule has 0 spiro atoms. The lowest BCUT2D eigenvalue weighted by Gasteiger charge is -2.36. The van der Waals surface area contributed by atoms with Crippen LogP contribution in [0.15, 0.2) is 18.2 Å². The maximum atomic E-state index is 12.3. The van der Waals surface area contributed by atoms with Gasteiger partial charge in [0, 0.05) is 13.7 Å². The Kier molecular flexibility index (Phi) is 6.28. The molecule has 1 aromatic carbocycles. The summed E-state index contributed by atoms with van der Waals surface area (Å²) in [4.78, 5) is 14.1. The van der Waals surface area contributed by atoms with E-state index in [2.05, 4.69) is 13.0 Å². The minimum atomic E-state index is -0.279. The molecule has 1 aliphatic heterocycles. The fourth-order valence-corrected chi connectivity index (χ4v) is 2.82. The zero-order valence-corrected chi connectivity index (χ0v) is 14.5. The Bertz CT molecular complexity index is 530. The highest BCUT2D eigenvalue weighted by molar-refractivity contribution is 5.69. The van der Waals surface area contributed by atoms with Crippen molar-refractivity contribution in [2.75, 3.05) is 26.9 Å². The van der Waals surface area contributed by atoms with E-state index in [9.17, 15) is 4.79 Å². The van der Waals surface area contributed by atoms with E-state index in [1.807, 2.05) is 26.0 Å². The second kappa shape index (κ2) is 8.20. The van der Waals surface area contributed by atoms with Crippen molar-refractivity contribution < 1.29 is 19.0 Å². The first-order valence-electron chi connectivity index (χ1n) is 8.28. The Morgan fingerprint density at radius 2 is 2.17 bits per heavy atom. The van der Waals surface area contributed by atoms with Gasteiger partial charge >= 0.3 is 6.09 Å². The molecule has 2 rings (SSSR count). The molecular formula is C18H27NO4. The summed E-state index contributed by atoms with van der Waals surface area (Å²) in [5.74, 6) is 0.889. The maximum absolute atomic E-state index is 12.3. The summed E-state index contributed by atoms with van der Waals surface area (Å²) < 4.78 is 16.4. The summed E-state index contributed by atoms with van der Waals surface area (Å²) in [6, 6.07) is 5.97. The molecule has 0 radical (unpaired) electrons. The van der Waals surface area contributed by atoms with Gasteiger partial charge in [-0.25, -0.2) is 4.79 Å². The molecule has 5 heteroatoms. The van der Waals surface area contributed by atoms with Crippen molar-refractivity contribution >= 4 is 6.09 Å². The van der Waals surface area contributed by atoms with E-state index in [-0.39, 0.29) is 18.2 Å². The molecule has 128 valence electrons. The van der Waals surface area contributed by atoms with Crippen LogP contribution in [0.2, 0.25) is 0 Å². The Morgan fingerprint density at radius 1 is 1.39 bits per heavy atom. The van der Waals surface area contributed by atoms with Gasteiger partial charge in [-0.2, -0.15) is 0 Å². The minimum Gasteiger partial charge on any atom is -0.494 e. The number of rotatable bonds is 6. The van der Waals surface area contributed by atoms with E-state index in [1.54, 1.807) is 12.0 Å². The quantitative estimate of drug-likeness (QED) is 0.804. The van der Waals surface area contributed by atoms with Gasteiger partial charge in [0.2, 0.25) is 0 Å². The number of fused-ring (bicyclic) bond motifs is 1. The van der Waals surface area contributed by atoms with Crippen LogP contribution in [0, 0.1) is 0 Å². The van der Waals surface area contributed by atoms with Gasteiger partial charge in [-0.1, -0.05) is 13.0 Å². The normalized spacial score (nSPS) is 17.1. The maximum Gasteiger partial charge on any atom is 0.410 e. The Labute approximate surface area is 138 Å². The first kappa shape index (κ1) is 17.6. The molecule has 1 amide bonds. The van der Waals surface area contributed by atoms with Crippen molar-refractivity contribution in [3.63, 3.8) is 0 Å². The number of ether oxygens (including phenoxy) is 3. The van der Waals surface area contributed by atoms with Crippen LogP contribution < -0.4 is 4.74 Å². The predicted octanol–water partition coefficient (Wildman–Crippen LogP) is 3.57. The van der Waals surface area contributed by atoms with Gasteiger partial charge in [-0.15, -0.1) is 0 Å². The summed E-state index contributed by atoms with van der Waals surface area (Å²) in [6.07, 6.45) is 1.38. The number of benzene rings is 1. The Morgan fingerprint density at radius 3 is 2.83 bits per heavy atom. The number of carbonyl (C=O) groups excluding carboxylic acids is 1. The molecule has 0 aromatic heterocycles. The Hall–Kier alpha value is -1.75. The van der Waals surface area contributed by atoms with Crippen LogP contribution >= 0.6 is 0 Å². The fraction of sp³-hybridized carbons (Fsp3) is 0.611. The van der Waals surface area contributed by atoms with E-state index in [4.69, 9.17) is 14.2 Å². The standard InChI is InChI=1S/C18H27NO4/c1-5-10-22-15-6-7-16-14(11-15)8-9-19(17(16)12-21-4)18(20)23-13(2)3/h6-7,11,13,17H,5,8-10,12H2,1-4H3. The summed E-state index contributed by atoms with van der Waals surface area (Å²) >= 11 is 0. The molecule has 0 aliphatic carbocycles. The van der Waals surface area contributed by atoms with Gasteiger partial charge in [0.05, 0.1) is 25.4 Å².